The van der Waals surface area contributed by atoms with Crippen LogP contribution in [0.25, 0.3) is 0 Å². The third-order valence-corrected chi connectivity index (χ3v) is 3.63. The molecule has 2 rings (SSSR count). The molecule has 1 heterocycles. The summed E-state index contributed by atoms with van der Waals surface area (Å²) < 4.78 is 0. The van der Waals surface area contributed by atoms with Gasteiger partial charge in [-0.3, -0.25) is 9.78 Å². The van der Waals surface area contributed by atoms with E-state index in [0.29, 0.717) is 11.3 Å². The number of aliphatic hydroxyl groups is 1. The van der Waals surface area contributed by atoms with Gasteiger partial charge >= 0.3 is 0 Å². The zero-order valence-corrected chi connectivity index (χ0v) is 12.5. The van der Waals surface area contributed by atoms with Gasteiger partial charge in [0.2, 0.25) is 0 Å². The molecule has 4 nitrogen and oxygen atoms in total. The van der Waals surface area contributed by atoms with E-state index in [1.54, 1.807) is 32.2 Å². The minimum Gasteiger partial charge on any atom is -0.386 e. The standard InChI is InChI=1S/C17H20N2O2/c1-11(15-14(16(18)20)5-4-10-19-15)12-6-8-13(9-7-12)17(2,3)21/h4-11,21H,1-3H3,(H2,18,20). The summed E-state index contributed by atoms with van der Waals surface area (Å²) in [7, 11) is 0. The fourth-order valence-electron chi connectivity index (χ4n) is 2.31. The molecule has 0 aliphatic rings. The lowest BCUT2D eigenvalue weighted by molar-refractivity contribution is 0.0785. The molecule has 0 spiro atoms. The number of amides is 1. The van der Waals surface area contributed by atoms with Crippen molar-refractivity contribution in [3.05, 3.63) is 65.0 Å². The number of nitrogens with two attached hydrogens (primary N) is 1. The summed E-state index contributed by atoms with van der Waals surface area (Å²) >= 11 is 0. The van der Waals surface area contributed by atoms with Gasteiger partial charge in [0.25, 0.3) is 5.91 Å². The fourth-order valence-corrected chi connectivity index (χ4v) is 2.31. The molecule has 110 valence electrons. The number of aromatic nitrogens is 1. The minimum absolute atomic E-state index is 0.0513. The summed E-state index contributed by atoms with van der Waals surface area (Å²) in [6, 6.07) is 11.0. The summed E-state index contributed by atoms with van der Waals surface area (Å²) in [6.45, 7) is 5.47. The molecule has 0 aliphatic carbocycles. The van der Waals surface area contributed by atoms with Crippen LogP contribution in [-0.2, 0) is 5.60 Å². The Labute approximate surface area is 124 Å². The summed E-state index contributed by atoms with van der Waals surface area (Å²) in [6.07, 6.45) is 1.66. The first-order chi connectivity index (χ1) is 9.80. The molecule has 4 heteroatoms. The number of pyridine rings is 1. The largest absolute Gasteiger partial charge is 0.386 e. The van der Waals surface area contributed by atoms with Crippen molar-refractivity contribution in [3.63, 3.8) is 0 Å². The van der Waals surface area contributed by atoms with E-state index in [9.17, 15) is 9.90 Å². The Morgan fingerprint density at radius 1 is 1.24 bits per heavy atom. The van der Waals surface area contributed by atoms with Crippen LogP contribution in [0, 0.1) is 0 Å². The first-order valence-electron chi connectivity index (χ1n) is 6.88. The molecule has 0 fully saturated rings. The maximum Gasteiger partial charge on any atom is 0.250 e. The molecule has 3 N–H and O–H groups in total. The summed E-state index contributed by atoms with van der Waals surface area (Å²) in [4.78, 5) is 15.8. The van der Waals surface area contributed by atoms with E-state index in [2.05, 4.69) is 4.98 Å². The molecule has 1 atom stereocenters. The van der Waals surface area contributed by atoms with Crippen molar-refractivity contribution in [1.82, 2.24) is 4.98 Å². The van der Waals surface area contributed by atoms with Gasteiger partial charge in [-0.1, -0.05) is 31.2 Å². The van der Waals surface area contributed by atoms with Crippen LogP contribution in [0.5, 0.6) is 0 Å². The Hall–Kier alpha value is -2.20. The monoisotopic (exact) mass is 284 g/mol. The normalized spacial score (nSPS) is 13.0. The van der Waals surface area contributed by atoms with Crippen LogP contribution < -0.4 is 5.73 Å². The average Bonchev–Trinajstić information content (AvgIpc) is 2.45. The van der Waals surface area contributed by atoms with Crippen molar-refractivity contribution >= 4 is 5.91 Å². The van der Waals surface area contributed by atoms with E-state index in [-0.39, 0.29) is 5.92 Å². The predicted molar refractivity (Wildman–Crippen MR) is 82.0 cm³/mol. The highest BCUT2D eigenvalue weighted by atomic mass is 16.3. The molecule has 1 aromatic carbocycles. The average molecular weight is 284 g/mol. The van der Waals surface area contributed by atoms with Gasteiger partial charge in [-0.2, -0.15) is 0 Å². The number of rotatable bonds is 4. The zero-order chi connectivity index (χ0) is 15.6. The maximum absolute atomic E-state index is 11.5. The topological polar surface area (TPSA) is 76.2 Å². The molecule has 21 heavy (non-hydrogen) atoms. The van der Waals surface area contributed by atoms with E-state index in [4.69, 9.17) is 5.73 Å². The SMILES string of the molecule is CC(c1ccc(C(C)(C)O)cc1)c1ncccc1C(N)=O. The molecule has 1 aromatic heterocycles. The van der Waals surface area contributed by atoms with Crippen LogP contribution >= 0.6 is 0 Å². The lowest BCUT2D eigenvalue weighted by Crippen LogP contribution is -2.17. The van der Waals surface area contributed by atoms with Crippen molar-refractivity contribution in [2.75, 3.05) is 0 Å². The van der Waals surface area contributed by atoms with Gasteiger partial charge in [-0.05, 0) is 37.1 Å². The van der Waals surface area contributed by atoms with Crippen LogP contribution in [0.4, 0.5) is 0 Å². The molecule has 0 saturated carbocycles. The first kappa shape index (κ1) is 15.2. The highest BCUT2D eigenvalue weighted by Crippen LogP contribution is 2.27. The van der Waals surface area contributed by atoms with Crippen molar-refractivity contribution < 1.29 is 9.90 Å². The fraction of sp³-hybridized carbons (Fsp3) is 0.294. The van der Waals surface area contributed by atoms with Gasteiger partial charge in [0.15, 0.2) is 0 Å². The molecule has 2 aromatic rings. The smallest absolute Gasteiger partial charge is 0.250 e. The highest BCUT2D eigenvalue weighted by molar-refractivity contribution is 5.94. The third kappa shape index (κ3) is 3.28. The van der Waals surface area contributed by atoms with E-state index in [1.807, 2.05) is 31.2 Å². The van der Waals surface area contributed by atoms with Gasteiger partial charge in [0, 0.05) is 12.1 Å². The summed E-state index contributed by atoms with van der Waals surface area (Å²) in [5, 5.41) is 9.98. The van der Waals surface area contributed by atoms with E-state index in [1.165, 1.54) is 0 Å². The van der Waals surface area contributed by atoms with Crippen molar-refractivity contribution in [2.24, 2.45) is 5.73 Å². The number of hydrogen-bond donors (Lipinski definition) is 2. The predicted octanol–water partition coefficient (Wildman–Crippen LogP) is 2.56. The lowest BCUT2D eigenvalue weighted by atomic mass is 9.90. The molecular formula is C17H20N2O2. The van der Waals surface area contributed by atoms with Crippen molar-refractivity contribution in [1.29, 1.82) is 0 Å². The molecule has 0 saturated heterocycles. The van der Waals surface area contributed by atoms with E-state index >= 15 is 0 Å². The Morgan fingerprint density at radius 2 is 1.86 bits per heavy atom. The van der Waals surface area contributed by atoms with Crippen LogP contribution in [0.3, 0.4) is 0 Å². The minimum atomic E-state index is -0.870. The molecule has 0 bridgehead atoms. The van der Waals surface area contributed by atoms with Crippen LogP contribution in [0.2, 0.25) is 0 Å². The lowest BCUT2D eigenvalue weighted by Gasteiger charge is -2.19. The van der Waals surface area contributed by atoms with E-state index in [0.717, 1.165) is 11.1 Å². The molecule has 0 radical (unpaired) electrons. The third-order valence-electron chi connectivity index (χ3n) is 3.63. The maximum atomic E-state index is 11.5. The van der Waals surface area contributed by atoms with Crippen LogP contribution in [0.15, 0.2) is 42.6 Å². The summed E-state index contributed by atoms with van der Waals surface area (Å²) in [5.74, 6) is -0.525. The number of primary amides is 1. The second kappa shape index (κ2) is 5.66. The van der Waals surface area contributed by atoms with Crippen molar-refractivity contribution in [3.8, 4) is 0 Å². The van der Waals surface area contributed by atoms with Crippen LogP contribution in [0.1, 0.15) is 53.9 Å². The van der Waals surface area contributed by atoms with Gasteiger partial charge in [0.05, 0.1) is 16.9 Å². The summed E-state index contributed by atoms with van der Waals surface area (Å²) in [5.41, 5.74) is 7.50. The molecular weight excluding hydrogens is 264 g/mol. The van der Waals surface area contributed by atoms with Crippen LogP contribution in [-0.4, -0.2) is 16.0 Å². The number of carbonyl (C=O) groups excluding carboxylic acids is 1. The Bertz CT molecular complexity index is 643. The Balaban J connectivity index is 2.37. The van der Waals surface area contributed by atoms with Gasteiger partial charge < -0.3 is 10.8 Å². The molecule has 1 unspecified atom stereocenters. The van der Waals surface area contributed by atoms with Gasteiger partial charge in [0.1, 0.15) is 0 Å². The quantitative estimate of drug-likeness (QED) is 0.906. The van der Waals surface area contributed by atoms with Crippen molar-refractivity contribution in [2.45, 2.75) is 32.3 Å². The molecule has 1 amide bonds. The van der Waals surface area contributed by atoms with Gasteiger partial charge in [-0.25, -0.2) is 0 Å². The van der Waals surface area contributed by atoms with E-state index < -0.39 is 11.5 Å². The molecule has 0 aliphatic heterocycles. The number of nitrogens with zero attached hydrogens (tertiary/aromatic N) is 1. The first-order valence-corrected chi connectivity index (χ1v) is 6.88. The number of benzene rings is 1. The Kier molecular flexibility index (Phi) is 4.09. The highest BCUT2D eigenvalue weighted by Gasteiger charge is 2.19. The zero-order valence-electron chi connectivity index (χ0n) is 12.5. The second-order valence-electron chi connectivity index (χ2n) is 5.70. The van der Waals surface area contributed by atoms with Gasteiger partial charge in [-0.15, -0.1) is 0 Å². The Morgan fingerprint density at radius 3 is 2.38 bits per heavy atom. The number of hydrogen-bond acceptors (Lipinski definition) is 3. The number of carbonyl (C=O) groups is 1. The second-order valence-corrected chi connectivity index (χ2v) is 5.70.